The lowest BCUT2D eigenvalue weighted by molar-refractivity contribution is 0.388. The van der Waals surface area contributed by atoms with Gasteiger partial charge in [-0.15, -0.1) is 0 Å². The summed E-state index contributed by atoms with van der Waals surface area (Å²) in [6, 6.07) is 1.74. The molecule has 0 spiro atoms. The van der Waals surface area contributed by atoms with Crippen LogP contribution in [-0.2, 0) is 16.6 Å². The molecule has 0 amide bonds. The molecule has 1 aliphatic rings. The van der Waals surface area contributed by atoms with Crippen molar-refractivity contribution in [3.63, 3.8) is 0 Å². The van der Waals surface area contributed by atoms with Crippen molar-refractivity contribution in [2.24, 2.45) is 5.92 Å². The Kier molecular flexibility index (Phi) is 2.46. The van der Waals surface area contributed by atoms with Crippen LogP contribution in [0.25, 0.3) is 0 Å². The number of hydrogen-bond acceptors (Lipinski definition) is 3. The molecule has 1 atom stereocenters. The lowest BCUT2D eigenvalue weighted by atomic mass is 10.1. The van der Waals surface area contributed by atoms with Crippen LogP contribution < -0.4 is 4.31 Å². The third-order valence-corrected chi connectivity index (χ3v) is 3.92. The summed E-state index contributed by atoms with van der Waals surface area (Å²) >= 11 is 0. The smallest absolute Gasteiger partial charge is 0.233 e. The van der Waals surface area contributed by atoms with Crippen molar-refractivity contribution in [3.8, 4) is 0 Å². The zero-order valence-corrected chi connectivity index (χ0v) is 9.74. The van der Waals surface area contributed by atoms with Crippen LogP contribution in [0.15, 0.2) is 12.3 Å². The van der Waals surface area contributed by atoms with Crippen LogP contribution in [0.5, 0.6) is 0 Å². The highest BCUT2D eigenvalue weighted by Crippen LogP contribution is 2.26. The van der Waals surface area contributed by atoms with E-state index in [-0.39, 0.29) is 0 Å². The fourth-order valence-electron chi connectivity index (χ4n) is 1.87. The lowest BCUT2D eigenvalue weighted by Gasteiger charge is -2.32. The largest absolute Gasteiger partial charge is 0.254 e. The summed E-state index contributed by atoms with van der Waals surface area (Å²) in [5.41, 5.74) is 0. The maximum absolute atomic E-state index is 11.6. The summed E-state index contributed by atoms with van der Waals surface area (Å²) in [7, 11) is -3.18. The molecule has 0 aliphatic carbocycles. The second-order valence-electron chi connectivity index (χ2n) is 3.94. The predicted molar refractivity (Wildman–Crippen MR) is 58.2 cm³/mol. The molecular formula is C9H15N3O2S. The van der Waals surface area contributed by atoms with Gasteiger partial charge in [-0.25, -0.2) is 13.1 Å². The molecule has 2 heterocycles. The minimum absolute atomic E-state index is 0.354. The van der Waals surface area contributed by atoms with Crippen molar-refractivity contribution in [1.82, 2.24) is 9.78 Å². The van der Waals surface area contributed by atoms with E-state index >= 15 is 0 Å². The number of sulfonamides is 1. The molecule has 1 aliphatic heterocycles. The van der Waals surface area contributed by atoms with Gasteiger partial charge in [0.25, 0.3) is 0 Å². The molecule has 0 N–H and O–H groups in total. The summed E-state index contributed by atoms with van der Waals surface area (Å²) in [4.78, 5) is 0. The first-order chi connectivity index (χ1) is 7.02. The average Bonchev–Trinajstić information content (AvgIpc) is 2.61. The molecule has 0 saturated carbocycles. The van der Waals surface area contributed by atoms with Gasteiger partial charge in [0.05, 0.1) is 12.5 Å². The number of rotatable bonds is 2. The lowest BCUT2D eigenvalue weighted by Crippen LogP contribution is -2.41. The van der Waals surface area contributed by atoms with Gasteiger partial charge in [-0.1, -0.05) is 6.92 Å². The molecule has 2 rings (SSSR count). The Morgan fingerprint density at radius 1 is 1.53 bits per heavy atom. The Morgan fingerprint density at radius 2 is 2.27 bits per heavy atom. The number of anilines is 1. The summed E-state index contributed by atoms with van der Waals surface area (Å²) < 4.78 is 26.4. The highest BCUT2D eigenvalue weighted by Gasteiger charge is 2.29. The summed E-state index contributed by atoms with van der Waals surface area (Å²) in [5.74, 6) is 1.04. The van der Waals surface area contributed by atoms with Gasteiger partial charge in [-0.2, -0.15) is 5.10 Å². The molecule has 84 valence electrons. The van der Waals surface area contributed by atoms with Crippen molar-refractivity contribution < 1.29 is 8.42 Å². The van der Waals surface area contributed by atoms with Crippen LogP contribution in [0.1, 0.15) is 13.3 Å². The topological polar surface area (TPSA) is 55.2 Å². The fourth-order valence-corrected chi connectivity index (χ4v) is 2.85. The highest BCUT2D eigenvalue weighted by atomic mass is 32.2. The van der Waals surface area contributed by atoms with Crippen molar-refractivity contribution in [2.75, 3.05) is 17.1 Å². The maximum atomic E-state index is 11.6. The van der Waals surface area contributed by atoms with Gasteiger partial charge in [-0.3, -0.25) is 4.31 Å². The Balaban J connectivity index is 2.42. The first-order valence-corrected chi connectivity index (χ1v) is 6.86. The molecule has 6 heteroatoms. The first kappa shape index (κ1) is 10.5. The summed E-state index contributed by atoms with van der Waals surface area (Å²) in [6.07, 6.45) is 3.85. The Bertz CT molecular complexity index is 452. The second kappa shape index (κ2) is 3.52. The first-order valence-electron chi connectivity index (χ1n) is 5.02. The third kappa shape index (κ3) is 1.86. The molecule has 15 heavy (non-hydrogen) atoms. The van der Waals surface area contributed by atoms with Gasteiger partial charge in [0, 0.05) is 19.2 Å². The fraction of sp³-hybridized carbons (Fsp3) is 0.667. The van der Waals surface area contributed by atoms with Crippen LogP contribution in [-0.4, -0.2) is 31.0 Å². The molecule has 0 radical (unpaired) electrons. The van der Waals surface area contributed by atoms with Gasteiger partial charge in [0.2, 0.25) is 10.0 Å². The van der Waals surface area contributed by atoms with E-state index in [0.717, 1.165) is 13.0 Å². The van der Waals surface area contributed by atoms with Crippen LogP contribution >= 0.6 is 0 Å². The molecular weight excluding hydrogens is 214 g/mol. The zero-order chi connectivity index (χ0) is 11.1. The van der Waals surface area contributed by atoms with Crippen LogP contribution in [0.3, 0.4) is 0 Å². The van der Waals surface area contributed by atoms with Crippen molar-refractivity contribution >= 4 is 15.8 Å². The minimum atomic E-state index is -3.18. The van der Waals surface area contributed by atoms with Crippen LogP contribution in [0.2, 0.25) is 0 Å². The highest BCUT2D eigenvalue weighted by molar-refractivity contribution is 7.92. The van der Waals surface area contributed by atoms with Crippen LogP contribution in [0.4, 0.5) is 5.82 Å². The van der Waals surface area contributed by atoms with Gasteiger partial charge in [-0.05, 0) is 12.3 Å². The predicted octanol–water partition coefficient (Wildman–Crippen LogP) is 0.689. The Hall–Kier alpha value is -1.04. The molecule has 1 aromatic rings. The summed E-state index contributed by atoms with van der Waals surface area (Å²) in [6.45, 7) is 3.45. The van der Waals surface area contributed by atoms with Gasteiger partial charge in [0.1, 0.15) is 5.82 Å². The Labute approximate surface area is 89.7 Å². The van der Waals surface area contributed by atoms with E-state index in [9.17, 15) is 8.42 Å². The second-order valence-corrected chi connectivity index (χ2v) is 5.85. The van der Waals surface area contributed by atoms with Crippen molar-refractivity contribution in [3.05, 3.63) is 12.3 Å². The van der Waals surface area contributed by atoms with E-state index in [1.54, 1.807) is 16.9 Å². The number of nitrogens with zero attached hydrogens (tertiary/aromatic N) is 3. The van der Waals surface area contributed by atoms with E-state index in [0.29, 0.717) is 18.3 Å². The van der Waals surface area contributed by atoms with E-state index in [2.05, 4.69) is 12.0 Å². The molecule has 5 nitrogen and oxygen atoms in total. The molecule has 0 bridgehead atoms. The Morgan fingerprint density at radius 3 is 2.87 bits per heavy atom. The van der Waals surface area contributed by atoms with E-state index in [1.165, 1.54) is 10.6 Å². The summed E-state index contributed by atoms with van der Waals surface area (Å²) in [5, 5.41) is 4.13. The zero-order valence-electron chi connectivity index (χ0n) is 8.92. The molecule has 0 fully saturated rings. The van der Waals surface area contributed by atoms with E-state index in [4.69, 9.17) is 0 Å². The SMILES string of the molecule is CCC1CN(S(C)(=O)=O)c2ccnn2C1. The standard InChI is InChI=1S/C9H15N3O2S/c1-3-8-6-11-9(4-5-10-11)12(7-8)15(2,13)14/h4-5,8H,3,6-7H2,1-2H3. The third-order valence-electron chi connectivity index (χ3n) is 2.78. The normalized spacial score (nSPS) is 21.5. The minimum Gasteiger partial charge on any atom is -0.254 e. The van der Waals surface area contributed by atoms with Gasteiger partial charge in [0.15, 0.2) is 0 Å². The monoisotopic (exact) mass is 229 g/mol. The van der Waals surface area contributed by atoms with Gasteiger partial charge >= 0.3 is 0 Å². The average molecular weight is 229 g/mol. The molecule has 1 unspecified atom stereocenters. The van der Waals surface area contributed by atoms with E-state index in [1.807, 2.05) is 0 Å². The van der Waals surface area contributed by atoms with Crippen molar-refractivity contribution in [1.29, 1.82) is 0 Å². The number of aromatic nitrogens is 2. The van der Waals surface area contributed by atoms with Crippen molar-refractivity contribution in [2.45, 2.75) is 19.9 Å². The molecule has 0 aromatic carbocycles. The van der Waals surface area contributed by atoms with Crippen LogP contribution in [0, 0.1) is 5.92 Å². The molecule has 1 aromatic heterocycles. The number of hydrogen-bond donors (Lipinski definition) is 0. The number of fused-ring (bicyclic) bond motifs is 1. The quantitative estimate of drug-likeness (QED) is 0.749. The maximum Gasteiger partial charge on any atom is 0.233 e. The van der Waals surface area contributed by atoms with Gasteiger partial charge < -0.3 is 0 Å². The van der Waals surface area contributed by atoms with E-state index < -0.39 is 10.0 Å². The molecule has 0 saturated heterocycles.